The molecule has 0 aliphatic heterocycles. The Hall–Kier alpha value is 0.407. The Morgan fingerprint density at radius 1 is 1.00 bits per heavy atom. The van der Waals surface area contributed by atoms with Gasteiger partial charge in [0.1, 0.15) is 0 Å². The van der Waals surface area contributed by atoms with E-state index in [0.717, 1.165) is 5.56 Å². The van der Waals surface area contributed by atoms with Crippen molar-refractivity contribution in [1.29, 1.82) is 0 Å². The summed E-state index contributed by atoms with van der Waals surface area (Å²) in [4.78, 5) is -0.168. The minimum absolute atomic E-state index is 0. The van der Waals surface area contributed by atoms with Crippen LogP contribution in [0.2, 0.25) is 0 Å². The number of hydrogen-bond donors (Lipinski definition) is 1. The SMILES string of the molecule is CO[Si](OC)(OC)C(S)c1ccccc1.[Ag]. The molecule has 0 spiro atoms. The van der Waals surface area contributed by atoms with Crippen LogP contribution in [0.4, 0.5) is 0 Å². The summed E-state index contributed by atoms with van der Waals surface area (Å²) in [6.07, 6.45) is 0. The summed E-state index contributed by atoms with van der Waals surface area (Å²) in [5.74, 6) is 0. The zero-order chi connectivity index (χ0) is 11.3. The van der Waals surface area contributed by atoms with Crippen LogP contribution in [0, 0.1) is 0 Å². The van der Waals surface area contributed by atoms with Crippen LogP contribution in [0.25, 0.3) is 0 Å². The van der Waals surface area contributed by atoms with Gasteiger partial charge in [-0.2, -0.15) is 12.6 Å². The summed E-state index contributed by atoms with van der Waals surface area (Å²) < 4.78 is 16.1. The van der Waals surface area contributed by atoms with E-state index in [9.17, 15) is 0 Å². The van der Waals surface area contributed by atoms with Gasteiger partial charge in [-0.1, -0.05) is 30.3 Å². The summed E-state index contributed by atoms with van der Waals surface area (Å²) in [5.41, 5.74) is 1.04. The Morgan fingerprint density at radius 2 is 1.44 bits per heavy atom. The summed E-state index contributed by atoms with van der Waals surface area (Å²) in [6, 6.07) is 9.84. The van der Waals surface area contributed by atoms with E-state index in [1.165, 1.54) is 0 Å². The van der Waals surface area contributed by atoms with Gasteiger partial charge in [0.15, 0.2) is 0 Å². The molecule has 1 aromatic rings. The van der Waals surface area contributed by atoms with Gasteiger partial charge in [0.05, 0.1) is 4.87 Å². The molecule has 0 aromatic heterocycles. The van der Waals surface area contributed by atoms with Gasteiger partial charge in [-0.15, -0.1) is 0 Å². The van der Waals surface area contributed by atoms with Crippen molar-refractivity contribution in [2.45, 2.75) is 4.87 Å². The monoisotopic (exact) mass is 351 g/mol. The molecule has 0 aliphatic rings. The molecule has 1 unspecified atom stereocenters. The topological polar surface area (TPSA) is 27.7 Å². The molecule has 0 saturated carbocycles. The van der Waals surface area contributed by atoms with Crippen molar-refractivity contribution >= 4 is 21.4 Å². The Morgan fingerprint density at radius 3 is 1.81 bits per heavy atom. The molecule has 0 bridgehead atoms. The Labute approximate surface area is 119 Å². The number of benzene rings is 1. The van der Waals surface area contributed by atoms with E-state index >= 15 is 0 Å². The predicted octanol–water partition coefficient (Wildman–Crippen LogP) is 2.07. The van der Waals surface area contributed by atoms with Crippen LogP contribution >= 0.6 is 12.6 Å². The second kappa shape index (κ2) is 7.68. The molecular weight excluding hydrogens is 336 g/mol. The third-order valence-corrected chi connectivity index (χ3v) is 6.26. The first kappa shape index (κ1) is 16.4. The third-order valence-electron chi connectivity index (χ3n) is 2.30. The number of rotatable bonds is 5. The second-order valence-corrected chi connectivity index (χ2v) is 7.04. The summed E-state index contributed by atoms with van der Waals surface area (Å²) >= 11 is 4.53. The van der Waals surface area contributed by atoms with Gasteiger partial charge in [-0.3, -0.25) is 0 Å². The first-order chi connectivity index (χ1) is 7.20. The second-order valence-electron chi connectivity index (χ2n) is 3.03. The van der Waals surface area contributed by atoms with Gasteiger partial charge in [0.2, 0.25) is 0 Å². The van der Waals surface area contributed by atoms with Crippen LogP contribution in [-0.4, -0.2) is 30.1 Å². The van der Waals surface area contributed by atoms with Crippen molar-refractivity contribution in [3.8, 4) is 0 Å². The normalized spacial score (nSPS) is 13.0. The molecule has 1 radical (unpaired) electrons. The molecule has 6 heteroatoms. The van der Waals surface area contributed by atoms with Crippen molar-refractivity contribution in [2.75, 3.05) is 21.3 Å². The van der Waals surface area contributed by atoms with Gasteiger partial charge in [0, 0.05) is 43.7 Å². The first-order valence-corrected chi connectivity index (χ1v) is 6.90. The zero-order valence-corrected chi connectivity index (χ0v) is 12.8. The van der Waals surface area contributed by atoms with Gasteiger partial charge in [-0.25, -0.2) is 0 Å². The van der Waals surface area contributed by atoms with Gasteiger partial charge in [0.25, 0.3) is 0 Å². The summed E-state index contributed by atoms with van der Waals surface area (Å²) in [6.45, 7) is 0. The molecule has 3 nitrogen and oxygen atoms in total. The van der Waals surface area contributed by atoms with Crippen LogP contribution in [0.15, 0.2) is 30.3 Å². The fourth-order valence-electron chi connectivity index (χ4n) is 1.42. The molecule has 95 valence electrons. The molecular formula is C10H16AgO3SSi. The van der Waals surface area contributed by atoms with E-state index in [4.69, 9.17) is 13.3 Å². The maximum absolute atomic E-state index is 5.37. The predicted molar refractivity (Wildman–Crippen MR) is 65.0 cm³/mol. The van der Waals surface area contributed by atoms with Crippen LogP contribution in [0.3, 0.4) is 0 Å². The Bertz CT molecular complexity index is 287. The van der Waals surface area contributed by atoms with Crippen LogP contribution in [0.5, 0.6) is 0 Å². The van der Waals surface area contributed by atoms with Crippen LogP contribution < -0.4 is 0 Å². The van der Waals surface area contributed by atoms with Gasteiger partial charge in [-0.05, 0) is 5.56 Å². The molecule has 16 heavy (non-hydrogen) atoms. The van der Waals surface area contributed by atoms with Crippen molar-refractivity contribution in [1.82, 2.24) is 0 Å². The average molecular weight is 352 g/mol. The summed E-state index contributed by atoms with van der Waals surface area (Å²) in [5, 5.41) is 0. The molecule has 0 N–H and O–H groups in total. The van der Waals surface area contributed by atoms with E-state index in [0.29, 0.717) is 0 Å². The van der Waals surface area contributed by atoms with Crippen molar-refractivity contribution in [3.05, 3.63) is 35.9 Å². The molecule has 1 atom stereocenters. The van der Waals surface area contributed by atoms with E-state index < -0.39 is 8.80 Å². The molecule has 0 heterocycles. The number of thiol groups is 1. The molecule has 0 amide bonds. The Balaban J connectivity index is 0.00000225. The molecule has 0 saturated heterocycles. The van der Waals surface area contributed by atoms with Crippen LogP contribution in [0.1, 0.15) is 10.4 Å². The largest absolute Gasteiger partial charge is 0.518 e. The van der Waals surface area contributed by atoms with Crippen LogP contribution in [-0.2, 0) is 35.7 Å². The van der Waals surface area contributed by atoms with Crippen molar-refractivity contribution in [2.24, 2.45) is 0 Å². The third kappa shape index (κ3) is 3.45. The van der Waals surface area contributed by atoms with Crippen molar-refractivity contribution in [3.63, 3.8) is 0 Å². The molecule has 0 fully saturated rings. The maximum Gasteiger partial charge on any atom is 0.518 e. The zero-order valence-electron chi connectivity index (χ0n) is 9.44. The molecule has 1 aromatic carbocycles. The fourth-order valence-corrected chi connectivity index (χ4v) is 4.32. The van der Waals surface area contributed by atoms with Gasteiger partial charge < -0.3 is 13.3 Å². The van der Waals surface area contributed by atoms with Gasteiger partial charge >= 0.3 is 8.80 Å². The standard InChI is InChI=1S/C10H16O3SSi.Ag/c1-11-15(12-2,13-3)10(14)9-7-5-4-6-8-9;/h4-8,10,14H,1-3H3;. The summed E-state index contributed by atoms with van der Waals surface area (Å²) in [7, 11) is 2.07. The van der Waals surface area contributed by atoms with E-state index in [1.807, 2.05) is 30.3 Å². The molecule has 1 rings (SSSR count). The minimum Gasteiger partial charge on any atom is -0.376 e. The fraction of sp³-hybridized carbons (Fsp3) is 0.400. The number of hydrogen-bond acceptors (Lipinski definition) is 4. The molecule has 0 aliphatic carbocycles. The Kier molecular flexibility index (Phi) is 7.87. The maximum atomic E-state index is 5.37. The van der Waals surface area contributed by atoms with E-state index in [-0.39, 0.29) is 27.3 Å². The quantitative estimate of drug-likeness (QED) is 0.650. The smallest absolute Gasteiger partial charge is 0.376 e. The van der Waals surface area contributed by atoms with E-state index in [1.54, 1.807) is 21.3 Å². The average Bonchev–Trinajstić information content (AvgIpc) is 2.33. The van der Waals surface area contributed by atoms with E-state index in [2.05, 4.69) is 12.6 Å². The van der Waals surface area contributed by atoms with Crippen molar-refractivity contribution < 1.29 is 35.7 Å². The first-order valence-electron chi connectivity index (χ1n) is 4.58. The minimum atomic E-state index is -2.70.